The highest BCUT2D eigenvalue weighted by molar-refractivity contribution is 6.00. The number of nitrogens with zero attached hydrogens (tertiary/aromatic N) is 1. The van der Waals surface area contributed by atoms with Gasteiger partial charge in [0.25, 0.3) is 0 Å². The smallest absolute Gasteiger partial charge is 0.152 e. The van der Waals surface area contributed by atoms with Crippen LogP contribution in [0.15, 0.2) is 18.2 Å². The van der Waals surface area contributed by atoms with Gasteiger partial charge in [-0.1, -0.05) is 6.92 Å². The molecule has 2 aromatic rings. The molecule has 102 valence electrons. The van der Waals surface area contributed by atoms with Crippen LogP contribution in [-0.2, 0) is 6.54 Å². The number of hydrogen-bond donors (Lipinski definition) is 0. The minimum Gasteiger partial charge on any atom is -0.491 e. The van der Waals surface area contributed by atoms with E-state index < -0.39 is 0 Å². The third kappa shape index (κ3) is 2.50. The van der Waals surface area contributed by atoms with Gasteiger partial charge in [0.05, 0.1) is 6.10 Å². The van der Waals surface area contributed by atoms with Crippen molar-refractivity contribution in [3.05, 3.63) is 29.5 Å². The maximum absolute atomic E-state index is 11.3. The van der Waals surface area contributed by atoms with Crippen LogP contribution in [-0.4, -0.2) is 17.0 Å². The highest BCUT2D eigenvalue weighted by Gasteiger charge is 2.14. The molecule has 0 amide bonds. The van der Waals surface area contributed by atoms with Crippen molar-refractivity contribution in [1.29, 1.82) is 0 Å². The van der Waals surface area contributed by atoms with E-state index in [0.29, 0.717) is 0 Å². The average Bonchev–Trinajstić information content (AvgIpc) is 2.61. The van der Waals surface area contributed by atoms with Crippen molar-refractivity contribution in [2.24, 2.45) is 0 Å². The number of carbonyl (C=O) groups is 1. The van der Waals surface area contributed by atoms with Gasteiger partial charge in [-0.15, -0.1) is 0 Å². The van der Waals surface area contributed by atoms with Gasteiger partial charge in [-0.25, -0.2) is 0 Å². The molecule has 3 heteroatoms. The summed E-state index contributed by atoms with van der Waals surface area (Å²) in [6, 6.07) is 5.99. The first-order chi connectivity index (χ1) is 9.08. The molecule has 0 saturated heterocycles. The molecule has 0 radical (unpaired) electrons. The molecule has 0 fully saturated rings. The van der Waals surface area contributed by atoms with Crippen molar-refractivity contribution in [2.75, 3.05) is 0 Å². The molecule has 0 unspecified atom stereocenters. The third-order valence-corrected chi connectivity index (χ3v) is 3.28. The minimum absolute atomic E-state index is 0.135. The first-order valence-corrected chi connectivity index (χ1v) is 6.83. The van der Waals surface area contributed by atoms with Crippen LogP contribution in [0.4, 0.5) is 0 Å². The van der Waals surface area contributed by atoms with Crippen LogP contribution in [0.1, 0.15) is 43.2 Å². The quantitative estimate of drug-likeness (QED) is 0.761. The molecule has 0 atom stereocenters. The molecule has 2 rings (SSSR count). The molecule has 1 aromatic heterocycles. The van der Waals surface area contributed by atoms with Crippen LogP contribution in [0.25, 0.3) is 10.9 Å². The first kappa shape index (κ1) is 13.7. The van der Waals surface area contributed by atoms with Gasteiger partial charge >= 0.3 is 0 Å². The molecule has 3 nitrogen and oxygen atoms in total. The van der Waals surface area contributed by atoms with E-state index in [0.717, 1.165) is 47.2 Å². The molecule has 0 aliphatic carbocycles. The minimum atomic E-state index is 0.135. The normalized spacial score (nSPS) is 11.2. The highest BCUT2D eigenvalue weighted by atomic mass is 16.5. The van der Waals surface area contributed by atoms with Crippen molar-refractivity contribution in [3.63, 3.8) is 0 Å². The fourth-order valence-corrected chi connectivity index (χ4v) is 2.49. The van der Waals surface area contributed by atoms with E-state index in [-0.39, 0.29) is 6.10 Å². The second kappa shape index (κ2) is 5.47. The van der Waals surface area contributed by atoms with Gasteiger partial charge < -0.3 is 9.30 Å². The predicted molar refractivity (Wildman–Crippen MR) is 78.1 cm³/mol. The second-order valence-corrected chi connectivity index (χ2v) is 5.11. The molecular weight excluding hydrogens is 238 g/mol. The third-order valence-electron chi connectivity index (χ3n) is 3.28. The lowest BCUT2D eigenvalue weighted by Gasteiger charge is -2.10. The molecule has 19 heavy (non-hydrogen) atoms. The number of aryl methyl sites for hydroxylation is 1. The Morgan fingerprint density at radius 2 is 2.11 bits per heavy atom. The van der Waals surface area contributed by atoms with Crippen LogP contribution in [0.2, 0.25) is 0 Å². The van der Waals surface area contributed by atoms with E-state index in [1.807, 2.05) is 39.0 Å². The summed E-state index contributed by atoms with van der Waals surface area (Å²) in [7, 11) is 0. The largest absolute Gasteiger partial charge is 0.491 e. The summed E-state index contributed by atoms with van der Waals surface area (Å²) in [6.45, 7) is 9.07. The Morgan fingerprint density at radius 1 is 1.37 bits per heavy atom. The van der Waals surface area contributed by atoms with Gasteiger partial charge in [-0.05, 0) is 45.4 Å². The van der Waals surface area contributed by atoms with E-state index >= 15 is 0 Å². The standard InChI is InChI=1S/C16H21NO2/c1-5-8-17-12(4)15(10-18)14-9-13(19-11(2)3)6-7-16(14)17/h6-7,9-11H,5,8H2,1-4H3. The van der Waals surface area contributed by atoms with E-state index in [9.17, 15) is 4.79 Å². The number of aromatic nitrogens is 1. The molecule has 0 aliphatic heterocycles. The number of carbonyl (C=O) groups excluding carboxylic acids is 1. The average molecular weight is 259 g/mol. The Hall–Kier alpha value is -1.77. The van der Waals surface area contributed by atoms with Crippen molar-refractivity contribution in [3.8, 4) is 5.75 Å². The van der Waals surface area contributed by atoms with Gasteiger partial charge in [0.15, 0.2) is 6.29 Å². The number of aldehydes is 1. The molecule has 0 N–H and O–H groups in total. The SMILES string of the molecule is CCCn1c(C)c(C=O)c2cc(OC(C)C)ccc21. The van der Waals surface area contributed by atoms with E-state index in [4.69, 9.17) is 4.74 Å². The van der Waals surface area contributed by atoms with Crippen LogP contribution < -0.4 is 4.74 Å². The Kier molecular flexibility index (Phi) is 3.93. The Morgan fingerprint density at radius 3 is 2.68 bits per heavy atom. The molecule has 0 saturated carbocycles. The zero-order chi connectivity index (χ0) is 14.0. The summed E-state index contributed by atoms with van der Waals surface area (Å²) in [5, 5.41) is 0.985. The fraction of sp³-hybridized carbons (Fsp3) is 0.438. The van der Waals surface area contributed by atoms with E-state index in [1.54, 1.807) is 0 Å². The number of fused-ring (bicyclic) bond motifs is 1. The highest BCUT2D eigenvalue weighted by Crippen LogP contribution is 2.29. The van der Waals surface area contributed by atoms with Crippen molar-refractivity contribution in [2.45, 2.75) is 46.8 Å². The molecular formula is C16H21NO2. The summed E-state index contributed by atoms with van der Waals surface area (Å²) < 4.78 is 7.91. The lowest BCUT2D eigenvalue weighted by atomic mass is 10.1. The molecule has 0 bridgehead atoms. The van der Waals surface area contributed by atoms with Crippen LogP contribution in [0.5, 0.6) is 5.75 Å². The van der Waals surface area contributed by atoms with Crippen molar-refractivity contribution >= 4 is 17.2 Å². The van der Waals surface area contributed by atoms with Gasteiger partial charge in [-0.3, -0.25) is 4.79 Å². The first-order valence-electron chi connectivity index (χ1n) is 6.83. The number of benzene rings is 1. The Labute approximate surface area is 114 Å². The van der Waals surface area contributed by atoms with E-state index in [1.165, 1.54) is 0 Å². The second-order valence-electron chi connectivity index (χ2n) is 5.11. The maximum atomic E-state index is 11.3. The van der Waals surface area contributed by atoms with Crippen LogP contribution in [0.3, 0.4) is 0 Å². The lowest BCUT2D eigenvalue weighted by Crippen LogP contribution is -2.05. The Bertz CT molecular complexity index is 596. The molecule has 1 aromatic carbocycles. The summed E-state index contributed by atoms with van der Waals surface area (Å²) in [6.07, 6.45) is 2.13. The van der Waals surface area contributed by atoms with Gasteiger partial charge in [0, 0.05) is 28.7 Å². The van der Waals surface area contributed by atoms with Crippen molar-refractivity contribution in [1.82, 2.24) is 4.57 Å². The van der Waals surface area contributed by atoms with Gasteiger partial charge in [-0.2, -0.15) is 0 Å². The zero-order valence-corrected chi connectivity index (χ0v) is 12.1. The predicted octanol–water partition coefficient (Wildman–Crippen LogP) is 3.96. The summed E-state index contributed by atoms with van der Waals surface area (Å²) in [5.41, 5.74) is 2.92. The number of ether oxygens (including phenoxy) is 1. The number of rotatable bonds is 5. The lowest BCUT2D eigenvalue weighted by molar-refractivity contribution is 0.112. The van der Waals surface area contributed by atoms with Crippen molar-refractivity contribution < 1.29 is 9.53 Å². The van der Waals surface area contributed by atoms with E-state index in [2.05, 4.69) is 11.5 Å². The molecule has 1 heterocycles. The summed E-state index contributed by atoms with van der Waals surface area (Å²) in [5.74, 6) is 0.819. The van der Waals surface area contributed by atoms with Crippen LogP contribution >= 0.6 is 0 Å². The van der Waals surface area contributed by atoms with Crippen LogP contribution in [0, 0.1) is 6.92 Å². The molecule has 0 aliphatic rings. The summed E-state index contributed by atoms with van der Waals surface area (Å²) >= 11 is 0. The zero-order valence-electron chi connectivity index (χ0n) is 12.1. The fourth-order valence-electron chi connectivity index (χ4n) is 2.49. The number of hydrogen-bond acceptors (Lipinski definition) is 2. The topological polar surface area (TPSA) is 31.2 Å². The maximum Gasteiger partial charge on any atom is 0.152 e. The molecule has 0 spiro atoms. The Balaban J connectivity index is 2.61. The van der Waals surface area contributed by atoms with Gasteiger partial charge in [0.1, 0.15) is 5.75 Å². The summed E-state index contributed by atoms with van der Waals surface area (Å²) in [4.78, 5) is 11.3. The van der Waals surface area contributed by atoms with Gasteiger partial charge in [0.2, 0.25) is 0 Å². The monoisotopic (exact) mass is 259 g/mol.